The minimum absolute atomic E-state index is 0.311. The maximum absolute atomic E-state index is 13.9. The summed E-state index contributed by atoms with van der Waals surface area (Å²) >= 11 is 0. The van der Waals surface area contributed by atoms with E-state index < -0.39 is 6.10 Å². The normalized spacial score (nSPS) is 13.0. The standard InChI is InChI=1S/C14H17FN2O/c1-9(2)13-6-7-17(16-13)14-5-4-11(10(3)18)8-12(14)15/h4-10,18H,1-3H3. The average Bonchev–Trinajstić information content (AvgIpc) is 2.78. The molecule has 0 spiro atoms. The Hall–Kier alpha value is -1.68. The molecule has 1 heterocycles. The molecule has 2 rings (SSSR count). The second-order valence-corrected chi connectivity index (χ2v) is 4.73. The first-order valence-electron chi connectivity index (χ1n) is 6.02. The van der Waals surface area contributed by atoms with Crippen LogP contribution in [0.5, 0.6) is 0 Å². The lowest BCUT2D eigenvalue weighted by atomic mass is 10.1. The third-order valence-electron chi connectivity index (χ3n) is 2.90. The smallest absolute Gasteiger partial charge is 0.149 e. The quantitative estimate of drug-likeness (QED) is 0.905. The third kappa shape index (κ3) is 2.43. The van der Waals surface area contributed by atoms with E-state index in [0.717, 1.165) is 5.69 Å². The molecular formula is C14H17FN2O. The molecular weight excluding hydrogens is 231 g/mol. The van der Waals surface area contributed by atoms with Crippen LogP contribution in [0, 0.1) is 5.82 Å². The van der Waals surface area contributed by atoms with E-state index in [1.54, 1.807) is 25.3 Å². The molecule has 0 amide bonds. The fourth-order valence-corrected chi connectivity index (χ4v) is 1.75. The highest BCUT2D eigenvalue weighted by Gasteiger charge is 2.10. The van der Waals surface area contributed by atoms with Crippen LogP contribution in [0.15, 0.2) is 30.5 Å². The van der Waals surface area contributed by atoms with Crippen LogP contribution >= 0.6 is 0 Å². The monoisotopic (exact) mass is 248 g/mol. The van der Waals surface area contributed by atoms with Crippen LogP contribution in [-0.2, 0) is 0 Å². The molecule has 3 nitrogen and oxygen atoms in total. The van der Waals surface area contributed by atoms with Crippen molar-refractivity contribution in [2.75, 3.05) is 0 Å². The predicted molar refractivity (Wildman–Crippen MR) is 68.2 cm³/mol. The van der Waals surface area contributed by atoms with Crippen molar-refractivity contribution < 1.29 is 9.50 Å². The highest BCUT2D eigenvalue weighted by atomic mass is 19.1. The molecule has 2 aromatic rings. The van der Waals surface area contributed by atoms with Crippen molar-refractivity contribution in [3.63, 3.8) is 0 Å². The van der Waals surface area contributed by atoms with Crippen LogP contribution in [0.1, 0.15) is 44.1 Å². The van der Waals surface area contributed by atoms with Crippen molar-refractivity contribution >= 4 is 0 Å². The van der Waals surface area contributed by atoms with Gasteiger partial charge in [-0.25, -0.2) is 9.07 Å². The van der Waals surface area contributed by atoms with Crippen molar-refractivity contribution in [3.05, 3.63) is 47.5 Å². The fourth-order valence-electron chi connectivity index (χ4n) is 1.75. The molecule has 1 unspecified atom stereocenters. The van der Waals surface area contributed by atoms with Crippen LogP contribution in [0.25, 0.3) is 5.69 Å². The molecule has 0 saturated heterocycles. The minimum atomic E-state index is -0.669. The fraction of sp³-hybridized carbons (Fsp3) is 0.357. The molecule has 1 atom stereocenters. The number of hydrogen-bond acceptors (Lipinski definition) is 2. The van der Waals surface area contributed by atoms with Crippen molar-refractivity contribution in [1.29, 1.82) is 0 Å². The summed E-state index contributed by atoms with van der Waals surface area (Å²) in [5.74, 6) is -0.0714. The zero-order valence-corrected chi connectivity index (χ0v) is 10.8. The van der Waals surface area contributed by atoms with Gasteiger partial charge in [0.15, 0.2) is 0 Å². The number of aliphatic hydroxyl groups is 1. The van der Waals surface area contributed by atoms with E-state index >= 15 is 0 Å². The Morgan fingerprint density at radius 1 is 1.22 bits per heavy atom. The second-order valence-electron chi connectivity index (χ2n) is 4.73. The number of nitrogens with zero attached hydrogens (tertiary/aromatic N) is 2. The van der Waals surface area contributed by atoms with Crippen molar-refractivity contribution in [2.24, 2.45) is 0 Å². The van der Waals surface area contributed by atoms with E-state index in [9.17, 15) is 9.50 Å². The SMILES string of the molecule is CC(C)c1ccn(-c2ccc(C(C)O)cc2F)n1. The van der Waals surface area contributed by atoms with Gasteiger partial charge in [0.1, 0.15) is 11.5 Å². The summed E-state index contributed by atoms with van der Waals surface area (Å²) in [6.07, 6.45) is 1.08. The molecule has 0 aliphatic heterocycles. The first kappa shape index (κ1) is 12.8. The molecule has 1 aromatic heterocycles. The van der Waals surface area contributed by atoms with Crippen molar-refractivity contribution in [2.45, 2.75) is 32.8 Å². The molecule has 1 aromatic carbocycles. The Kier molecular flexibility index (Phi) is 3.48. The molecule has 0 saturated carbocycles. The summed E-state index contributed by atoms with van der Waals surface area (Å²) in [7, 11) is 0. The second kappa shape index (κ2) is 4.90. The molecule has 96 valence electrons. The largest absolute Gasteiger partial charge is 0.389 e. The lowest BCUT2D eigenvalue weighted by molar-refractivity contribution is 0.199. The van der Waals surface area contributed by atoms with Gasteiger partial charge in [0, 0.05) is 6.20 Å². The van der Waals surface area contributed by atoms with Gasteiger partial charge in [-0.3, -0.25) is 0 Å². The van der Waals surface area contributed by atoms with Crippen LogP contribution in [0.3, 0.4) is 0 Å². The van der Waals surface area contributed by atoms with Crippen molar-refractivity contribution in [3.8, 4) is 5.69 Å². The van der Waals surface area contributed by atoms with Gasteiger partial charge >= 0.3 is 0 Å². The average molecular weight is 248 g/mol. The summed E-state index contributed by atoms with van der Waals surface area (Å²) < 4.78 is 15.5. The van der Waals surface area contributed by atoms with Gasteiger partial charge in [-0.05, 0) is 36.6 Å². The number of benzene rings is 1. The van der Waals surface area contributed by atoms with E-state index in [-0.39, 0.29) is 5.82 Å². The number of hydrogen-bond donors (Lipinski definition) is 1. The van der Waals surface area contributed by atoms with E-state index in [1.165, 1.54) is 10.7 Å². The number of rotatable bonds is 3. The molecule has 0 aliphatic carbocycles. The summed E-state index contributed by atoms with van der Waals surface area (Å²) in [6, 6.07) is 6.57. The summed E-state index contributed by atoms with van der Waals surface area (Å²) in [4.78, 5) is 0. The maximum atomic E-state index is 13.9. The molecule has 1 N–H and O–H groups in total. The molecule has 0 fully saturated rings. The Morgan fingerprint density at radius 3 is 2.44 bits per heavy atom. The number of halogens is 1. The van der Waals surface area contributed by atoms with Gasteiger partial charge < -0.3 is 5.11 Å². The van der Waals surface area contributed by atoms with Crippen LogP contribution < -0.4 is 0 Å². The predicted octanol–water partition coefficient (Wildman–Crippen LogP) is 3.19. The number of aliphatic hydroxyl groups excluding tert-OH is 1. The minimum Gasteiger partial charge on any atom is -0.389 e. The zero-order chi connectivity index (χ0) is 13.3. The van der Waals surface area contributed by atoms with E-state index in [4.69, 9.17) is 0 Å². The molecule has 0 bridgehead atoms. The van der Waals surface area contributed by atoms with Gasteiger partial charge in [0.25, 0.3) is 0 Å². The summed E-state index contributed by atoms with van der Waals surface area (Å²) in [5, 5.41) is 13.7. The molecule has 4 heteroatoms. The summed E-state index contributed by atoms with van der Waals surface area (Å²) in [6.45, 7) is 5.69. The van der Waals surface area contributed by atoms with E-state index in [0.29, 0.717) is 17.2 Å². The number of aromatic nitrogens is 2. The molecule has 0 aliphatic rings. The molecule has 18 heavy (non-hydrogen) atoms. The third-order valence-corrected chi connectivity index (χ3v) is 2.90. The lowest BCUT2D eigenvalue weighted by Gasteiger charge is -2.08. The Bertz CT molecular complexity index is 546. The van der Waals surface area contributed by atoms with Gasteiger partial charge in [0.2, 0.25) is 0 Å². The summed E-state index contributed by atoms with van der Waals surface area (Å²) in [5.41, 5.74) is 1.88. The van der Waals surface area contributed by atoms with Gasteiger partial charge in [-0.2, -0.15) is 5.10 Å². The van der Waals surface area contributed by atoms with E-state index in [1.807, 2.05) is 19.9 Å². The van der Waals surface area contributed by atoms with Gasteiger partial charge in [0.05, 0.1) is 11.8 Å². The lowest BCUT2D eigenvalue weighted by Crippen LogP contribution is -2.02. The molecule has 0 radical (unpaired) electrons. The van der Waals surface area contributed by atoms with Gasteiger partial charge in [-0.1, -0.05) is 19.9 Å². The Morgan fingerprint density at radius 2 is 1.94 bits per heavy atom. The maximum Gasteiger partial charge on any atom is 0.149 e. The topological polar surface area (TPSA) is 38.0 Å². The van der Waals surface area contributed by atoms with Gasteiger partial charge in [-0.15, -0.1) is 0 Å². The zero-order valence-electron chi connectivity index (χ0n) is 10.8. The van der Waals surface area contributed by atoms with Crippen LogP contribution in [-0.4, -0.2) is 14.9 Å². The highest BCUT2D eigenvalue weighted by molar-refractivity contribution is 5.36. The van der Waals surface area contributed by atoms with Crippen LogP contribution in [0.4, 0.5) is 4.39 Å². The Balaban J connectivity index is 2.38. The first-order chi connectivity index (χ1) is 8.49. The highest BCUT2D eigenvalue weighted by Crippen LogP contribution is 2.20. The van der Waals surface area contributed by atoms with Crippen molar-refractivity contribution in [1.82, 2.24) is 9.78 Å². The first-order valence-corrected chi connectivity index (χ1v) is 6.02. The van der Waals surface area contributed by atoms with E-state index in [2.05, 4.69) is 5.10 Å². The Labute approximate surface area is 106 Å². The van der Waals surface area contributed by atoms with Crippen LogP contribution in [0.2, 0.25) is 0 Å².